The molecule has 1 aliphatic rings. The van der Waals surface area contributed by atoms with Crippen LogP contribution in [0.3, 0.4) is 0 Å². The maximum atomic E-state index is 12.7. The number of rotatable bonds is 8. The van der Waals surface area contributed by atoms with Crippen molar-refractivity contribution >= 4 is 5.91 Å². The lowest BCUT2D eigenvalue weighted by atomic mass is 10.1. The second-order valence-corrected chi connectivity index (χ2v) is 7.25. The zero-order valence-electron chi connectivity index (χ0n) is 18.2. The van der Waals surface area contributed by atoms with Crippen LogP contribution < -0.4 is 29.0 Å². The minimum atomic E-state index is -0.253. The topological polar surface area (TPSA) is 75.3 Å². The Hall–Kier alpha value is -3.87. The first-order valence-electron chi connectivity index (χ1n) is 10.2. The molecular formula is C25H25NO6. The Kier molecular flexibility index (Phi) is 6.35. The lowest BCUT2D eigenvalue weighted by Crippen LogP contribution is -2.34. The molecule has 1 unspecified atom stereocenters. The van der Waals surface area contributed by atoms with Gasteiger partial charge in [0.25, 0.3) is 5.91 Å². The van der Waals surface area contributed by atoms with Crippen LogP contribution in [-0.4, -0.2) is 39.9 Å². The molecular weight excluding hydrogens is 410 g/mol. The first-order valence-corrected chi connectivity index (χ1v) is 10.2. The number of benzene rings is 3. The van der Waals surface area contributed by atoms with Crippen LogP contribution in [0.25, 0.3) is 0 Å². The Morgan fingerprint density at radius 2 is 1.66 bits per heavy atom. The molecule has 0 aliphatic carbocycles. The molecule has 3 aromatic carbocycles. The highest BCUT2D eigenvalue weighted by Gasteiger charge is 2.25. The molecule has 0 saturated carbocycles. The minimum absolute atomic E-state index is 0.164. The molecule has 0 saturated heterocycles. The Balaban J connectivity index is 1.38. The molecule has 1 heterocycles. The van der Waals surface area contributed by atoms with E-state index in [0.29, 0.717) is 35.8 Å². The summed E-state index contributed by atoms with van der Waals surface area (Å²) in [6, 6.07) is 18.6. The Morgan fingerprint density at radius 3 is 2.31 bits per heavy atom. The van der Waals surface area contributed by atoms with Crippen LogP contribution in [0.4, 0.5) is 0 Å². The van der Waals surface area contributed by atoms with Gasteiger partial charge in [-0.05, 0) is 42.5 Å². The molecule has 1 aliphatic heterocycles. The Morgan fingerprint density at radius 1 is 0.938 bits per heavy atom. The molecule has 7 nitrogen and oxygen atoms in total. The Bertz CT molecular complexity index is 1070. The van der Waals surface area contributed by atoms with E-state index >= 15 is 0 Å². The lowest BCUT2D eigenvalue weighted by molar-refractivity contribution is 0.0932. The lowest BCUT2D eigenvalue weighted by Gasteiger charge is -2.15. The van der Waals surface area contributed by atoms with Gasteiger partial charge in [0.05, 0.1) is 27.9 Å². The predicted molar refractivity (Wildman–Crippen MR) is 120 cm³/mol. The van der Waals surface area contributed by atoms with Gasteiger partial charge in [0.15, 0.2) is 11.5 Å². The number of carbonyl (C=O) groups is 1. The van der Waals surface area contributed by atoms with Gasteiger partial charge in [-0.15, -0.1) is 0 Å². The van der Waals surface area contributed by atoms with Gasteiger partial charge in [-0.2, -0.15) is 0 Å². The molecule has 32 heavy (non-hydrogen) atoms. The number of ether oxygens (including phenoxy) is 5. The quantitative estimate of drug-likeness (QED) is 0.571. The van der Waals surface area contributed by atoms with Crippen molar-refractivity contribution in [3.63, 3.8) is 0 Å². The largest absolute Gasteiger partial charge is 0.493 e. The van der Waals surface area contributed by atoms with Gasteiger partial charge in [-0.3, -0.25) is 4.79 Å². The van der Waals surface area contributed by atoms with Crippen molar-refractivity contribution in [3.05, 3.63) is 71.8 Å². The highest BCUT2D eigenvalue weighted by atomic mass is 16.5. The van der Waals surface area contributed by atoms with Gasteiger partial charge in [-0.25, -0.2) is 0 Å². The number of fused-ring (bicyclic) bond motifs is 1. The maximum absolute atomic E-state index is 12.7. The number of para-hydroxylation sites is 1. The third kappa shape index (κ3) is 4.56. The fraction of sp³-hybridized carbons (Fsp3) is 0.240. The summed E-state index contributed by atoms with van der Waals surface area (Å²) in [6.45, 7) is 0.360. The third-order valence-corrected chi connectivity index (χ3v) is 5.17. The number of methoxy groups -OCH3 is 3. The summed E-state index contributed by atoms with van der Waals surface area (Å²) >= 11 is 0. The smallest absolute Gasteiger partial charge is 0.251 e. The monoisotopic (exact) mass is 435 g/mol. The van der Waals surface area contributed by atoms with Crippen molar-refractivity contribution in [2.45, 2.75) is 12.5 Å². The molecule has 0 spiro atoms. The summed E-state index contributed by atoms with van der Waals surface area (Å²) in [4.78, 5) is 12.7. The van der Waals surface area contributed by atoms with Crippen LogP contribution >= 0.6 is 0 Å². The molecule has 1 N–H and O–H groups in total. The van der Waals surface area contributed by atoms with E-state index in [0.717, 1.165) is 22.8 Å². The van der Waals surface area contributed by atoms with E-state index in [-0.39, 0.29) is 12.0 Å². The standard InChI is InChI=1S/C25H25NO6/c1-28-22-13-17(14-23(29-2)24(22)30-3)25(27)26-15-20-12-16-11-19(9-10-21(16)32-20)31-18-7-5-4-6-8-18/h4-11,13-14,20H,12,15H2,1-3H3,(H,26,27). The summed E-state index contributed by atoms with van der Waals surface area (Å²) in [5, 5.41) is 2.92. The molecule has 1 amide bonds. The van der Waals surface area contributed by atoms with E-state index in [1.54, 1.807) is 12.1 Å². The number of hydrogen-bond donors (Lipinski definition) is 1. The molecule has 166 valence electrons. The van der Waals surface area contributed by atoms with Crippen molar-refractivity contribution in [2.24, 2.45) is 0 Å². The van der Waals surface area contributed by atoms with Crippen LogP contribution in [-0.2, 0) is 6.42 Å². The van der Waals surface area contributed by atoms with Crippen LogP contribution in [0.1, 0.15) is 15.9 Å². The summed E-state index contributed by atoms with van der Waals surface area (Å²) in [7, 11) is 4.54. The SMILES string of the molecule is COc1cc(C(=O)NCC2Cc3cc(Oc4ccccc4)ccc3O2)cc(OC)c1OC. The van der Waals surface area contributed by atoms with Crippen molar-refractivity contribution in [1.82, 2.24) is 5.32 Å². The molecule has 4 rings (SSSR count). The molecule has 7 heteroatoms. The van der Waals surface area contributed by atoms with Crippen molar-refractivity contribution in [3.8, 4) is 34.5 Å². The molecule has 0 bridgehead atoms. The average molecular weight is 435 g/mol. The first-order chi connectivity index (χ1) is 15.6. The van der Waals surface area contributed by atoms with Crippen LogP contribution in [0.2, 0.25) is 0 Å². The second kappa shape index (κ2) is 9.51. The van der Waals surface area contributed by atoms with Gasteiger partial charge in [-0.1, -0.05) is 18.2 Å². The third-order valence-electron chi connectivity index (χ3n) is 5.17. The normalized spacial score (nSPS) is 14.2. The van der Waals surface area contributed by atoms with Gasteiger partial charge in [0.1, 0.15) is 23.4 Å². The summed E-state index contributed by atoms with van der Waals surface area (Å²) in [5.41, 5.74) is 1.46. The van der Waals surface area contributed by atoms with Gasteiger partial charge < -0.3 is 29.0 Å². The van der Waals surface area contributed by atoms with E-state index in [1.165, 1.54) is 21.3 Å². The van der Waals surface area contributed by atoms with Crippen molar-refractivity contribution in [2.75, 3.05) is 27.9 Å². The summed E-state index contributed by atoms with van der Waals surface area (Å²) in [5.74, 6) is 3.37. The number of carbonyl (C=O) groups excluding carboxylic acids is 1. The highest BCUT2D eigenvalue weighted by molar-refractivity contribution is 5.95. The van der Waals surface area contributed by atoms with E-state index in [9.17, 15) is 4.79 Å². The van der Waals surface area contributed by atoms with E-state index in [4.69, 9.17) is 23.7 Å². The Labute approximate surface area is 186 Å². The van der Waals surface area contributed by atoms with Crippen LogP contribution in [0, 0.1) is 0 Å². The first kappa shape index (κ1) is 21.4. The van der Waals surface area contributed by atoms with Crippen LogP contribution in [0.5, 0.6) is 34.5 Å². The van der Waals surface area contributed by atoms with Crippen molar-refractivity contribution < 1.29 is 28.5 Å². The minimum Gasteiger partial charge on any atom is -0.493 e. The van der Waals surface area contributed by atoms with Gasteiger partial charge in [0.2, 0.25) is 5.75 Å². The van der Waals surface area contributed by atoms with E-state index in [1.807, 2.05) is 48.5 Å². The fourth-order valence-corrected chi connectivity index (χ4v) is 3.62. The predicted octanol–water partition coefficient (Wildman–Crippen LogP) is 4.24. The molecule has 3 aromatic rings. The highest BCUT2D eigenvalue weighted by Crippen LogP contribution is 2.38. The zero-order chi connectivity index (χ0) is 22.5. The molecule has 0 fully saturated rings. The molecule has 0 radical (unpaired) electrons. The van der Waals surface area contributed by atoms with Gasteiger partial charge in [0, 0.05) is 17.5 Å². The summed E-state index contributed by atoms with van der Waals surface area (Å²) in [6.07, 6.45) is 0.514. The number of hydrogen-bond acceptors (Lipinski definition) is 6. The molecule has 0 aromatic heterocycles. The van der Waals surface area contributed by atoms with E-state index < -0.39 is 0 Å². The van der Waals surface area contributed by atoms with Gasteiger partial charge >= 0.3 is 0 Å². The summed E-state index contributed by atoms with van der Waals surface area (Å²) < 4.78 is 27.8. The fourth-order valence-electron chi connectivity index (χ4n) is 3.62. The zero-order valence-corrected chi connectivity index (χ0v) is 18.2. The number of amides is 1. The maximum Gasteiger partial charge on any atom is 0.251 e. The van der Waals surface area contributed by atoms with E-state index in [2.05, 4.69) is 5.32 Å². The molecule has 1 atom stereocenters. The second-order valence-electron chi connectivity index (χ2n) is 7.25. The number of nitrogens with one attached hydrogen (secondary N) is 1. The average Bonchev–Trinajstić information content (AvgIpc) is 3.24. The van der Waals surface area contributed by atoms with Crippen molar-refractivity contribution in [1.29, 1.82) is 0 Å². The van der Waals surface area contributed by atoms with Crippen LogP contribution in [0.15, 0.2) is 60.7 Å².